The number of hydrogen-bond acceptors (Lipinski definition) is 6. The van der Waals surface area contributed by atoms with Gasteiger partial charge >= 0.3 is 5.97 Å². The first-order valence-corrected chi connectivity index (χ1v) is 12.1. The van der Waals surface area contributed by atoms with Gasteiger partial charge in [0.25, 0.3) is 5.91 Å². The van der Waals surface area contributed by atoms with Crippen LogP contribution in [0.3, 0.4) is 0 Å². The summed E-state index contributed by atoms with van der Waals surface area (Å²) in [4.78, 5) is 29.6. The van der Waals surface area contributed by atoms with E-state index >= 15 is 0 Å². The van der Waals surface area contributed by atoms with Crippen LogP contribution >= 0.6 is 11.3 Å². The fourth-order valence-electron chi connectivity index (χ4n) is 3.39. The van der Waals surface area contributed by atoms with Crippen molar-refractivity contribution in [2.45, 2.75) is 50.5 Å². The van der Waals surface area contributed by atoms with Crippen molar-refractivity contribution >= 4 is 43.3 Å². The molecule has 0 spiro atoms. The summed E-state index contributed by atoms with van der Waals surface area (Å²) in [5.74, 6) is -0.685. The highest BCUT2D eigenvalue weighted by Gasteiger charge is 2.22. The molecular weight excluding hydrogens is 400 g/mol. The van der Waals surface area contributed by atoms with Gasteiger partial charge in [-0.1, -0.05) is 30.6 Å². The quantitative estimate of drug-likeness (QED) is 0.688. The van der Waals surface area contributed by atoms with Crippen molar-refractivity contribution in [3.8, 4) is 0 Å². The molecule has 0 bridgehead atoms. The third-order valence-electron chi connectivity index (χ3n) is 4.84. The maximum atomic E-state index is 12.6. The second kappa shape index (κ2) is 8.57. The van der Waals surface area contributed by atoms with E-state index in [0.717, 1.165) is 38.4 Å². The van der Waals surface area contributed by atoms with E-state index in [1.807, 2.05) is 0 Å². The van der Waals surface area contributed by atoms with E-state index in [9.17, 15) is 18.0 Å². The van der Waals surface area contributed by atoms with Gasteiger partial charge in [-0.05, 0) is 38.0 Å². The number of nitrogens with zero attached hydrogens (tertiary/aromatic N) is 2. The summed E-state index contributed by atoms with van der Waals surface area (Å²) >= 11 is 1.21. The van der Waals surface area contributed by atoms with E-state index in [2.05, 4.69) is 4.99 Å². The molecule has 0 atom stereocenters. The molecule has 0 N–H and O–H groups in total. The average Bonchev–Trinajstić information content (AvgIpc) is 2.98. The predicted molar refractivity (Wildman–Crippen MR) is 107 cm³/mol. The molecule has 0 radical (unpaired) electrons. The lowest BCUT2D eigenvalue weighted by atomic mass is 9.89. The molecule has 1 aliphatic rings. The molecule has 1 aliphatic carbocycles. The lowest BCUT2D eigenvalue weighted by molar-refractivity contribution is -0.143. The normalized spacial score (nSPS) is 16.4. The maximum Gasteiger partial charge on any atom is 0.326 e. The SMILES string of the molecule is CCOC(=O)Cn1c(=NC(=O)C2CCCCC2)sc2cc(S(C)(=O)=O)ccc21. The molecule has 1 aromatic heterocycles. The molecule has 1 saturated carbocycles. The van der Waals surface area contributed by atoms with Crippen molar-refractivity contribution in [3.63, 3.8) is 0 Å². The summed E-state index contributed by atoms with van der Waals surface area (Å²) in [5, 5.41) is 0. The molecular formula is C19H24N2O5S2. The van der Waals surface area contributed by atoms with Crippen LogP contribution in [-0.4, -0.2) is 37.7 Å². The van der Waals surface area contributed by atoms with Gasteiger partial charge in [-0.25, -0.2) is 8.42 Å². The number of amides is 1. The van der Waals surface area contributed by atoms with Gasteiger partial charge in [-0.3, -0.25) is 9.59 Å². The van der Waals surface area contributed by atoms with Crippen LogP contribution in [0.4, 0.5) is 0 Å². The van der Waals surface area contributed by atoms with Gasteiger partial charge in [0.2, 0.25) is 0 Å². The Morgan fingerprint density at radius 3 is 2.61 bits per heavy atom. The van der Waals surface area contributed by atoms with Crippen molar-refractivity contribution in [3.05, 3.63) is 23.0 Å². The number of esters is 1. The molecule has 3 rings (SSSR count). The Bertz CT molecular complexity index is 1060. The Balaban J connectivity index is 2.08. The molecule has 152 valence electrons. The van der Waals surface area contributed by atoms with Crippen LogP contribution in [-0.2, 0) is 30.7 Å². The summed E-state index contributed by atoms with van der Waals surface area (Å²) in [6.07, 6.45) is 6.01. The van der Waals surface area contributed by atoms with E-state index in [4.69, 9.17) is 4.74 Å². The zero-order valence-electron chi connectivity index (χ0n) is 16.0. The van der Waals surface area contributed by atoms with Crippen molar-refractivity contribution in [1.29, 1.82) is 0 Å². The highest BCUT2D eigenvalue weighted by atomic mass is 32.2. The van der Waals surface area contributed by atoms with Gasteiger partial charge in [0.15, 0.2) is 14.6 Å². The van der Waals surface area contributed by atoms with Crippen LogP contribution in [0.2, 0.25) is 0 Å². The monoisotopic (exact) mass is 424 g/mol. The van der Waals surface area contributed by atoms with Gasteiger partial charge in [0.05, 0.1) is 21.7 Å². The molecule has 1 heterocycles. The topological polar surface area (TPSA) is 94.8 Å². The molecule has 28 heavy (non-hydrogen) atoms. The Labute approximate surface area is 168 Å². The third kappa shape index (κ3) is 4.70. The van der Waals surface area contributed by atoms with E-state index in [0.29, 0.717) is 15.0 Å². The zero-order valence-corrected chi connectivity index (χ0v) is 17.6. The van der Waals surface area contributed by atoms with Crippen molar-refractivity contribution in [2.75, 3.05) is 12.9 Å². The van der Waals surface area contributed by atoms with Crippen LogP contribution in [0.15, 0.2) is 28.1 Å². The number of aromatic nitrogens is 1. The van der Waals surface area contributed by atoms with Crippen molar-refractivity contribution < 1.29 is 22.7 Å². The molecule has 9 heteroatoms. The van der Waals surface area contributed by atoms with Crippen LogP contribution in [0, 0.1) is 5.92 Å². The lowest BCUT2D eigenvalue weighted by Gasteiger charge is -2.17. The summed E-state index contributed by atoms with van der Waals surface area (Å²) < 4.78 is 31.0. The minimum Gasteiger partial charge on any atom is -0.465 e. The highest BCUT2D eigenvalue weighted by Crippen LogP contribution is 2.25. The third-order valence-corrected chi connectivity index (χ3v) is 6.99. The van der Waals surface area contributed by atoms with Crippen molar-refractivity contribution in [2.24, 2.45) is 10.9 Å². The summed E-state index contributed by atoms with van der Waals surface area (Å²) in [7, 11) is -3.36. The fraction of sp³-hybridized carbons (Fsp3) is 0.526. The molecule has 2 aromatic rings. The van der Waals surface area contributed by atoms with Gasteiger partial charge < -0.3 is 9.30 Å². The minimum absolute atomic E-state index is 0.0805. The molecule has 0 saturated heterocycles. The number of benzene rings is 1. The number of carbonyl (C=O) groups is 2. The number of sulfone groups is 1. The van der Waals surface area contributed by atoms with Crippen LogP contribution < -0.4 is 4.80 Å². The van der Waals surface area contributed by atoms with Gasteiger partial charge in [0.1, 0.15) is 6.54 Å². The number of rotatable bonds is 5. The predicted octanol–water partition coefficient (Wildman–Crippen LogP) is 2.68. The van der Waals surface area contributed by atoms with Gasteiger partial charge in [0, 0.05) is 12.2 Å². The second-order valence-electron chi connectivity index (χ2n) is 6.96. The van der Waals surface area contributed by atoms with E-state index in [1.54, 1.807) is 23.6 Å². The molecule has 7 nitrogen and oxygen atoms in total. The standard InChI is InChI=1S/C19H24N2O5S2/c1-3-26-17(22)12-21-15-10-9-14(28(2,24)25)11-16(15)27-19(21)20-18(23)13-7-5-4-6-8-13/h9-11,13H,3-8,12H2,1-2H3. The van der Waals surface area contributed by atoms with E-state index in [1.165, 1.54) is 17.4 Å². The Hall–Kier alpha value is -2.00. The molecule has 1 fully saturated rings. The highest BCUT2D eigenvalue weighted by molar-refractivity contribution is 7.90. The summed E-state index contributed by atoms with van der Waals surface area (Å²) in [6.45, 7) is 1.90. The first-order valence-electron chi connectivity index (χ1n) is 9.37. The number of carbonyl (C=O) groups excluding carboxylic acids is 2. The second-order valence-corrected chi connectivity index (χ2v) is 9.99. The van der Waals surface area contributed by atoms with Crippen LogP contribution in [0.25, 0.3) is 10.2 Å². The van der Waals surface area contributed by atoms with Gasteiger partial charge in [-0.15, -0.1) is 0 Å². The van der Waals surface area contributed by atoms with Crippen LogP contribution in [0.1, 0.15) is 39.0 Å². The molecule has 0 aliphatic heterocycles. The minimum atomic E-state index is -3.36. The maximum absolute atomic E-state index is 12.6. The molecule has 0 unspecified atom stereocenters. The fourth-order valence-corrected chi connectivity index (χ4v) is 5.19. The van der Waals surface area contributed by atoms with Crippen LogP contribution in [0.5, 0.6) is 0 Å². The molecule has 1 aromatic carbocycles. The number of ether oxygens (including phenoxy) is 1. The number of fused-ring (bicyclic) bond motifs is 1. The largest absolute Gasteiger partial charge is 0.465 e. The first-order chi connectivity index (χ1) is 13.3. The summed E-state index contributed by atoms with van der Waals surface area (Å²) in [5.41, 5.74) is 0.653. The van der Waals surface area contributed by atoms with Crippen molar-refractivity contribution in [1.82, 2.24) is 4.57 Å². The average molecular weight is 425 g/mol. The smallest absolute Gasteiger partial charge is 0.326 e. The van der Waals surface area contributed by atoms with Gasteiger partial charge in [-0.2, -0.15) is 4.99 Å². The Kier molecular flexibility index (Phi) is 6.34. The Morgan fingerprint density at radius 2 is 1.96 bits per heavy atom. The molecule has 1 amide bonds. The number of hydrogen-bond donors (Lipinski definition) is 0. The summed E-state index contributed by atoms with van der Waals surface area (Å²) in [6, 6.07) is 4.70. The van der Waals surface area contributed by atoms with E-state index < -0.39 is 15.8 Å². The number of thiazole rings is 1. The van der Waals surface area contributed by atoms with E-state index in [-0.39, 0.29) is 29.9 Å². The lowest BCUT2D eigenvalue weighted by Crippen LogP contribution is -2.25. The first kappa shape index (κ1) is 20.7. The zero-order chi connectivity index (χ0) is 20.3. The Morgan fingerprint density at radius 1 is 1.25 bits per heavy atom.